The second-order valence-corrected chi connectivity index (χ2v) is 9.75. The SMILES string of the molecule is CNNC(=O)C(N)CCCCNC(=O)C(CCCCNC(C)(C)C)NC(C)(C)C. The van der Waals surface area contributed by atoms with E-state index in [1.54, 1.807) is 7.05 Å². The Morgan fingerprint density at radius 3 is 1.97 bits per heavy atom. The average Bonchev–Trinajstić information content (AvgIpc) is 2.57. The van der Waals surface area contributed by atoms with Gasteiger partial charge in [-0.05, 0) is 80.2 Å². The van der Waals surface area contributed by atoms with Crippen molar-refractivity contribution in [2.24, 2.45) is 5.73 Å². The van der Waals surface area contributed by atoms with E-state index in [1.165, 1.54) is 0 Å². The first-order valence-corrected chi connectivity index (χ1v) is 10.9. The van der Waals surface area contributed by atoms with Crippen molar-refractivity contribution in [1.29, 1.82) is 0 Å². The number of rotatable bonds is 14. The van der Waals surface area contributed by atoms with Crippen molar-refractivity contribution in [1.82, 2.24) is 26.8 Å². The Kier molecular flexibility index (Phi) is 13.3. The lowest BCUT2D eigenvalue weighted by Gasteiger charge is -2.28. The molecule has 8 heteroatoms. The van der Waals surface area contributed by atoms with Gasteiger partial charge in [-0.3, -0.25) is 15.0 Å². The molecule has 172 valence electrons. The molecule has 0 rings (SSSR count). The topological polar surface area (TPSA) is 120 Å². The number of amides is 2. The van der Waals surface area contributed by atoms with Gasteiger partial charge >= 0.3 is 0 Å². The van der Waals surface area contributed by atoms with Crippen LogP contribution in [0.4, 0.5) is 0 Å². The molecule has 29 heavy (non-hydrogen) atoms. The summed E-state index contributed by atoms with van der Waals surface area (Å²) < 4.78 is 0. The molecule has 2 atom stereocenters. The van der Waals surface area contributed by atoms with Crippen LogP contribution in [0.1, 0.15) is 80.1 Å². The zero-order valence-corrected chi connectivity index (χ0v) is 19.7. The molecule has 0 aliphatic carbocycles. The highest BCUT2D eigenvalue weighted by atomic mass is 16.2. The largest absolute Gasteiger partial charge is 0.355 e. The first kappa shape index (κ1) is 27.8. The van der Waals surface area contributed by atoms with Gasteiger partial charge in [0.15, 0.2) is 0 Å². The number of carbonyl (C=O) groups is 2. The minimum atomic E-state index is -0.532. The summed E-state index contributed by atoms with van der Waals surface area (Å²) in [5, 5.41) is 9.95. The van der Waals surface area contributed by atoms with Gasteiger partial charge in [-0.15, -0.1) is 0 Å². The van der Waals surface area contributed by atoms with E-state index in [9.17, 15) is 9.59 Å². The number of carbonyl (C=O) groups excluding carboxylic acids is 2. The van der Waals surface area contributed by atoms with Gasteiger partial charge in [0.1, 0.15) is 0 Å². The number of nitrogens with one attached hydrogen (secondary N) is 5. The van der Waals surface area contributed by atoms with Crippen molar-refractivity contribution in [3.8, 4) is 0 Å². The summed E-state index contributed by atoms with van der Waals surface area (Å²) in [6, 6.07) is -0.733. The molecule has 0 radical (unpaired) electrons. The summed E-state index contributed by atoms with van der Waals surface area (Å²) in [5.41, 5.74) is 10.9. The summed E-state index contributed by atoms with van der Waals surface area (Å²) in [7, 11) is 1.63. The van der Waals surface area contributed by atoms with Gasteiger partial charge in [0.25, 0.3) is 5.91 Å². The van der Waals surface area contributed by atoms with Gasteiger partial charge in [0, 0.05) is 24.7 Å². The number of unbranched alkanes of at least 4 members (excludes halogenated alkanes) is 2. The van der Waals surface area contributed by atoms with Gasteiger partial charge in [0.05, 0.1) is 12.1 Å². The lowest BCUT2D eigenvalue weighted by atomic mass is 10.0. The Bertz CT molecular complexity index is 471. The average molecular weight is 415 g/mol. The molecule has 2 unspecified atom stereocenters. The van der Waals surface area contributed by atoms with Crippen LogP contribution in [0.15, 0.2) is 0 Å². The molecule has 0 saturated heterocycles. The molecule has 0 heterocycles. The lowest BCUT2D eigenvalue weighted by molar-refractivity contribution is -0.124. The first-order valence-electron chi connectivity index (χ1n) is 10.9. The van der Waals surface area contributed by atoms with Crippen molar-refractivity contribution in [2.45, 2.75) is 103 Å². The van der Waals surface area contributed by atoms with Crippen LogP contribution in [0.25, 0.3) is 0 Å². The monoisotopic (exact) mass is 414 g/mol. The third-order valence-electron chi connectivity index (χ3n) is 4.32. The Morgan fingerprint density at radius 1 is 0.828 bits per heavy atom. The molecule has 0 aromatic rings. The van der Waals surface area contributed by atoms with Crippen molar-refractivity contribution in [2.75, 3.05) is 20.1 Å². The fourth-order valence-corrected chi connectivity index (χ4v) is 2.90. The van der Waals surface area contributed by atoms with Gasteiger partial charge in [-0.2, -0.15) is 0 Å². The van der Waals surface area contributed by atoms with Crippen LogP contribution in [-0.2, 0) is 9.59 Å². The summed E-state index contributed by atoms with van der Waals surface area (Å²) >= 11 is 0. The van der Waals surface area contributed by atoms with Crippen LogP contribution in [0.3, 0.4) is 0 Å². The van der Waals surface area contributed by atoms with Crippen LogP contribution in [0.5, 0.6) is 0 Å². The van der Waals surface area contributed by atoms with Crippen molar-refractivity contribution >= 4 is 11.8 Å². The molecule has 2 amide bonds. The highest BCUT2D eigenvalue weighted by molar-refractivity contribution is 5.82. The predicted octanol–water partition coefficient (Wildman–Crippen LogP) is 1.17. The quantitative estimate of drug-likeness (QED) is 0.187. The summed E-state index contributed by atoms with van der Waals surface area (Å²) in [5.74, 6) is -0.173. The zero-order chi connectivity index (χ0) is 22.5. The normalized spacial score (nSPS) is 14.3. The van der Waals surface area contributed by atoms with Gasteiger partial charge in [-0.1, -0.05) is 6.42 Å². The zero-order valence-electron chi connectivity index (χ0n) is 19.7. The molecule has 0 aliphatic heterocycles. The molecule has 0 saturated carbocycles. The van der Waals surface area contributed by atoms with Gasteiger partial charge in [0.2, 0.25) is 5.91 Å². The number of nitrogens with two attached hydrogens (primary N) is 1. The first-order chi connectivity index (χ1) is 13.4. The Morgan fingerprint density at radius 2 is 1.41 bits per heavy atom. The van der Waals surface area contributed by atoms with E-state index in [0.717, 1.165) is 38.6 Å². The molecule has 0 aromatic carbocycles. The van der Waals surface area contributed by atoms with Crippen molar-refractivity contribution in [3.63, 3.8) is 0 Å². The van der Waals surface area contributed by atoms with Crippen LogP contribution in [-0.4, -0.2) is 55.1 Å². The minimum absolute atomic E-state index is 0.0425. The summed E-state index contributed by atoms with van der Waals surface area (Å²) in [4.78, 5) is 24.2. The third-order valence-corrected chi connectivity index (χ3v) is 4.32. The van der Waals surface area contributed by atoms with Crippen LogP contribution in [0, 0.1) is 0 Å². The number of hydrogen-bond acceptors (Lipinski definition) is 6. The molecule has 0 spiro atoms. The fraction of sp³-hybridized carbons (Fsp3) is 0.905. The predicted molar refractivity (Wildman–Crippen MR) is 120 cm³/mol. The molecule has 0 bridgehead atoms. The molecular formula is C21H46N6O2. The smallest absolute Gasteiger partial charge is 0.250 e. The number of hydrazine groups is 1. The summed E-state index contributed by atoms with van der Waals surface area (Å²) in [6.45, 7) is 14.2. The number of hydrogen-bond donors (Lipinski definition) is 6. The summed E-state index contributed by atoms with van der Waals surface area (Å²) in [6.07, 6.45) is 5.01. The Labute approximate surface area is 177 Å². The van der Waals surface area contributed by atoms with Gasteiger partial charge < -0.3 is 21.7 Å². The van der Waals surface area contributed by atoms with Crippen LogP contribution < -0.4 is 32.5 Å². The molecular weight excluding hydrogens is 368 g/mol. The van der Waals surface area contributed by atoms with Crippen LogP contribution in [0.2, 0.25) is 0 Å². The molecule has 7 N–H and O–H groups in total. The maximum atomic E-state index is 12.6. The standard InChI is InChI=1S/C21H46N6O2/c1-20(2,3)25-15-11-9-13-17(26-21(4,5)6)19(29)24-14-10-8-12-16(22)18(28)27-23-7/h16-17,23,25-26H,8-15,22H2,1-7H3,(H,24,29)(H,27,28). The second kappa shape index (κ2) is 13.9. The highest BCUT2D eigenvalue weighted by Gasteiger charge is 2.23. The maximum Gasteiger partial charge on any atom is 0.250 e. The highest BCUT2D eigenvalue weighted by Crippen LogP contribution is 2.09. The Balaban J connectivity index is 4.25. The van der Waals surface area contributed by atoms with Crippen LogP contribution >= 0.6 is 0 Å². The van der Waals surface area contributed by atoms with Gasteiger partial charge in [-0.25, -0.2) is 5.43 Å². The molecule has 0 aliphatic rings. The van der Waals surface area contributed by atoms with E-state index in [0.29, 0.717) is 13.0 Å². The molecule has 8 nitrogen and oxygen atoms in total. The van der Waals surface area contributed by atoms with Crippen molar-refractivity contribution in [3.05, 3.63) is 0 Å². The lowest BCUT2D eigenvalue weighted by Crippen LogP contribution is -2.51. The van der Waals surface area contributed by atoms with E-state index in [1.807, 2.05) is 0 Å². The molecule has 0 fully saturated rings. The van der Waals surface area contributed by atoms with E-state index in [2.05, 4.69) is 68.3 Å². The molecule has 0 aromatic heterocycles. The van der Waals surface area contributed by atoms with E-state index in [4.69, 9.17) is 5.73 Å². The maximum absolute atomic E-state index is 12.6. The second-order valence-electron chi connectivity index (χ2n) is 9.75. The minimum Gasteiger partial charge on any atom is -0.355 e. The van der Waals surface area contributed by atoms with E-state index < -0.39 is 6.04 Å². The third kappa shape index (κ3) is 16.3. The van der Waals surface area contributed by atoms with E-state index in [-0.39, 0.29) is 28.9 Å². The van der Waals surface area contributed by atoms with E-state index >= 15 is 0 Å². The fourth-order valence-electron chi connectivity index (χ4n) is 2.90. The Hall–Kier alpha value is -1.22. The van der Waals surface area contributed by atoms with Crippen molar-refractivity contribution < 1.29 is 9.59 Å².